The zero-order valence-electron chi connectivity index (χ0n) is 10.4. The smallest absolute Gasteiger partial charge is 0.0661 e. The van der Waals surface area contributed by atoms with Crippen molar-refractivity contribution in [3.8, 4) is 0 Å². The fourth-order valence-corrected chi connectivity index (χ4v) is 2.13. The summed E-state index contributed by atoms with van der Waals surface area (Å²) in [5.41, 5.74) is 3.64. The highest BCUT2D eigenvalue weighted by atomic mass is 35.5. The first-order valence-corrected chi connectivity index (χ1v) is 6.00. The maximum Gasteiger partial charge on any atom is 0.0661 e. The molecule has 1 aromatic carbocycles. The van der Waals surface area contributed by atoms with Crippen LogP contribution < -0.4 is 5.32 Å². The van der Waals surface area contributed by atoms with E-state index in [0.717, 1.165) is 11.4 Å². The van der Waals surface area contributed by atoms with Gasteiger partial charge in [0, 0.05) is 23.9 Å². The second-order valence-corrected chi connectivity index (χ2v) is 4.55. The molecule has 0 aliphatic rings. The summed E-state index contributed by atoms with van der Waals surface area (Å²) in [7, 11) is 1.72. The average molecular weight is 242 g/mol. The third kappa shape index (κ3) is 3.39. The van der Waals surface area contributed by atoms with Gasteiger partial charge in [0.25, 0.3) is 0 Å². The molecule has 1 aromatic rings. The van der Waals surface area contributed by atoms with E-state index < -0.39 is 0 Å². The first kappa shape index (κ1) is 13.3. The van der Waals surface area contributed by atoms with Crippen LogP contribution >= 0.6 is 11.6 Å². The van der Waals surface area contributed by atoms with Crippen molar-refractivity contribution in [3.63, 3.8) is 0 Å². The molecule has 0 fully saturated rings. The van der Waals surface area contributed by atoms with Crippen molar-refractivity contribution >= 4 is 17.3 Å². The molecule has 1 unspecified atom stereocenters. The van der Waals surface area contributed by atoms with E-state index in [9.17, 15) is 0 Å². The predicted molar refractivity (Wildman–Crippen MR) is 70.5 cm³/mol. The van der Waals surface area contributed by atoms with Crippen LogP contribution in [-0.4, -0.2) is 19.8 Å². The quantitative estimate of drug-likeness (QED) is 0.850. The van der Waals surface area contributed by atoms with Crippen LogP contribution in [0.3, 0.4) is 0 Å². The minimum absolute atomic E-state index is 0.301. The lowest BCUT2D eigenvalue weighted by Crippen LogP contribution is -2.22. The Balaban J connectivity index is 2.93. The average Bonchev–Trinajstić information content (AvgIpc) is 2.22. The molecular weight excluding hydrogens is 222 g/mol. The summed E-state index contributed by atoms with van der Waals surface area (Å²) in [6.45, 7) is 7.02. The molecule has 1 rings (SSSR count). The summed E-state index contributed by atoms with van der Waals surface area (Å²) in [6.07, 6.45) is 0.976. The van der Waals surface area contributed by atoms with E-state index >= 15 is 0 Å². The van der Waals surface area contributed by atoms with Crippen LogP contribution in [-0.2, 0) is 11.2 Å². The lowest BCUT2D eigenvalue weighted by molar-refractivity contribution is 0.190. The van der Waals surface area contributed by atoms with Crippen molar-refractivity contribution in [1.82, 2.24) is 0 Å². The van der Waals surface area contributed by atoms with E-state index in [4.69, 9.17) is 16.3 Å². The molecule has 0 heterocycles. The third-order valence-electron chi connectivity index (χ3n) is 2.57. The van der Waals surface area contributed by atoms with Crippen LogP contribution in [0.2, 0.25) is 5.02 Å². The Hall–Kier alpha value is -0.730. The first-order chi connectivity index (χ1) is 7.58. The van der Waals surface area contributed by atoms with Gasteiger partial charge >= 0.3 is 0 Å². The van der Waals surface area contributed by atoms with Crippen LogP contribution in [0.1, 0.15) is 25.0 Å². The van der Waals surface area contributed by atoms with Gasteiger partial charge in [0.15, 0.2) is 0 Å². The fraction of sp³-hybridized carbons (Fsp3) is 0.538. The van der Waals surface area contributed by atoms with Crippen molar-refractivity contribution in [3.05, 3.63) is 28.3 Å². The summed E-state index contributed by atoms with van der Waals surface area (Å²) in [6, 6.07) is 4.31. The summed E-state index contributed by atoms with van der Waals surface area (Å²) in [4.78, 5) is 0. The second-order valence-electron chi connectivity index (χ2n) is 4.11. The molecule has 1 N–H and O–H groups in total. The number of halogens is 1. The van der Waals surface area contributed by atoms with Crippen LogP contribution in [0, 0.1) is 6.92 Å². The van der Waals surface area contributed by atoms with E-state index in [1.165, 1.54) is 16.8 Å². The monoisotopic (exact) mass is 241 g/mol. The van der Waals surface area contributed by atoms with Crippen LogP contribution in [0.15, 0.2) is 12.1 Å². The van der Waals surface area contributed by atoms with Gasteiger partial charge in [-0.05, 0) is 43.5 Å². The van der Waals surface area contributed by atoms with Crippen molar-refractivity contribution in [1.29, 1.82) is 0 Å². The van der Waals surface area contributed by atoms with Gasteiger partial charge in [-0.3, -0.25) is 0 Å². The molecular formula is C13H20ClNO. The van der Waals surface area contributed by atoms with E-state index in [0.29, 0.717) is 12.6 Å². The third-order valence-corrected chi connectivity index (χ3v) is 2.79. The summed E-state index contributed by atoms with van der Waals surface area (Å²) in [5, 5.41) is 4.28. The summed E-state index contributed by atoms with van der Waals surface area (Å²) < 4.78 is 5.12. The molecule has 0 aliphatic carbocycles. The van der Waals surface area contributed by atoms with E-state index in [-0.39, 0.29) is 0 Å². The van der Waals surface area contributed by atoms with Crippen LogP contribution in [0.5, 0.6) is 0 Å². The Labute approximate surface area is 103 Å². The second kappa shape index (κ2) is 6.12. The van der Waals surface area contributed by atoms with Crippen LogP contribution in [0.25, 0.3) is 0 Å². The van der Waals surface area contributed by atoms with Gasteiger partial charge in [0.2, 0.25) is 0 Å². The summed E-state index contributed by atoms with van der Waals surface area (Å²) in [5.74, 6) is 0. The number of methoxy groups -OCH3 is 1. The van der Waals surface area contributed by atoms with Gasteiger partial charge < -0.3 is 10.1 Å². The lowest BCUT2D eigenvalue weighted by atomic mass is 10.1. The van der Waals surface area contributed by atoms with E-state index in [1.54, 1.807) is 7.11 Å². The van der Waals surface area contributed by atoms with Gasteiger partial charge in [0.05, 0.1) is 6.61 Å². The minimum Gasteiger partial charge on any atom is -0.383 e. The molecule has 0 saturated heterocycles. The highest BCUT2D eigenvalue weighted by Gasteiger charge is 2.09. The zero-order chi connectivity index (χ0) is 12.1. The molecule has 0 aliphatic heterocycles. The molecule has 0 amide bonds. The minimum atomic E-state index is 0.301. The number of anilines is 1. The van der Waals surface area contributed by atoms with Crippen molar-refractivity contribution in [2.45, 2.75) is 33.2 Å². The highest BCUT2D eigenvalue weighted by molar-refractivity contribution is 6.30. The van der Waals surface area contributed by atoms with Gasteiger partial charge in [-0.15, -0.1) is 0 Å². The Morgan fingerprint density at radius 3 is 2.69 bits per heavy atom. The molecule has 90 valence electrons. The number of benzene rings is 1. The summed E-state index contributed by atoms with van der Waals surface area (Å²) >= 11 is 6.05. The predicted octanol–water partition coefficient (Wildman–Crippen LogP) is 3.66. The van der Waals surface area contributed by atoms with E-state index in [2.05, 4.69) is 26.1 Å². The SMILES string of the molecule is CCc1cc(Cl)cc(C)c1NC(C)COC. The van der Waals surface area contributed by atoms with Gasteiger partial charge in [0.1, 0.15) is 0 Å². The Morgan fingerprint density at radius 2 is 2.12 bits per heavy atom. The van der Waals surface area contributed by atoms with E-state index in [1.807, 2.05) is 12.1 Å². The Kier molecular flexibility index (Phi) is 5.10. The molecule has 0 aromatic heterocycles. The Morgan fingerprint density at radius 1 is 1.44 bits per heavy atom. The maximum absolute atomic E-state index is 6.05. The number of hydrogen-bond acceptors (Lipinski definition) is 2. The van der Waals surface area contributed by atoms with Crippen molar-refractivity contribution in [2.24, 2.45) is 0 Å². The number of hydrogen-bond donors (Lipinski definition) is 1. The Bertz CT molecular complexity index is 352. The molecule has 2 nitrogen and oxygen atoms in total. The molecule has 16 heavy (non-hydrogen) atoms. The standard InChI is InChI=1S/C13H20ClNO/c1-5-11-7-12(14)6-9(2)13(11)15-10(3)8-16-4/h6-7,10,15H,5,8H2,1-4H3. The number of aryl methyl sites for hydroxylation is 2. The molecule has 1 atom stereocenters. The number of nitrogens with one attached hydrogen (secondary N) is 1. The van der Waals surface area contributed by atoms with Crippen LogP contribution in [0.4, 0.5) is 5.69 Å². The topological polar surface area (TPSA) is 21.3 Å². The largest absolute Gasteiger partial charge is 0.383 e. The van der Waals surface area contributed by atoms with Gasteiger partial charge in [-0.2, -0.15) is 0 Å². The fourth-order valence-electron chi connectivity index (χ4n) is 1.84. The van der Waals surface area contributed by atoms with Gasteiger partial charge in [-0.25, -0.2) is 0 Å². The maximum atomic E-state index is 6.05. The number of ether oxygens (including phenoxy) is 1. The van der Waals surface area contributed by atoms with Crippen molar-refractivity contribution < 1.29 is 4.74 Å². The highest BCUT2D eigenvalue weighted by Crippen LogP contribution is 2.26. The lowest BCUT2D eigenvalue weighted by Gasteiger charge is -2.19. The van der Waals surface area contributed by atoms with Gasteiger partial charge in [-0.1, -0.05) is 18.5 Å². The molecule has 0 bridgehead atoms. The zero-order valence-corrected chi connectivity index (χ0v) is 11.2. The van der Waals surface area contributed by atoms with Crippen molar-refractivity contribution in [2.75, 3.05) is 19.0 Å². The first-order valence-electron chi connectivity index (χ1n) is 5.63. The normalized spacial score (nSPS) is 12.6. The molecule has 3 heteroatoms. The number of rotatable bonds is 5. The molecule has 0 radical (unpaired) electrons. The molecule has 0 spiro atoms. The molecule has 0 saturated carbocycles.